The summed E-state index contributed by atoms with van der Waals surface area (Å²) in [4.78, 5) is 26.4. The molecule has 1 saturated heterocycles. The van der Waals surface area contributed by atoms with Gasteiger partial charge < -0.3 is 15.3 Å². The Morgan fingerprint density at radius 1 is 1.24 bits per heavy atom. The quantitative estimate of drug-likeness (QED) is 0.621. The Morgan fingerprint density at radius 3 is 2.34 bits per heavy atom. The highest BCUT2D eigenvalue weighted by atomic mass is 32.2. The number of sulfonamides is 1. The molecule has 0 aliphatic carbocycles. The Balaban J connectivity index is 2.08. The van der Waals surface area contributed by atoms with Gasteiger partial charge in [-0.1, -0.05) is 20.8 Å². The highest BCUT2D eigenvalue weighted by Gasteiger charge is 2.36. The van der Waals surface area contributed by atoms with E-state index in [4.69, 9.17) is 0 Å². The summed E-state index contributed by atoms with van der Waals surface area (Å²) >= 11 is 0. The van der Waals surface area contributed by atoms with Crippen molar-refractivity contribution >= 4 is 27.5 Å². The summed E-state index contributed by atoms with van der Waals surface area (Å²) in [7, 11) is -3.56. The minimum Gasteiger partial charge on any atom is -0.388 e. The largest absolute Gasteiger partial charge is 0.388 e. The van der Waals surface area contributed by atoms with E-state index in [2.05, 4.69) is 5.32 Å². The summed E-state index contributed by atoms with van der Waals surface area (Å²) in [6.45, 7) is 8.16. The fourth-order valence-corrected chi connectivity index (χ4v) is 4.65. The maximum atomic E-state index is 12.6. The third-order valence-corrected chi connectivity index (χ3v) is 7.46. The third kappa shape index (κ3) is 5.34. The number of hydrogen-bond acceptors (Lipinski definition) is 5. The molecule has 1 heterocycles. The van der Waals surface area contributed by atoms with E-state index in [1.165, 1.54) is 21.3 Å². The lowest BCUT2D eigenvalue weighted by molar-refractivity contribution is -0.127. The van der Waals surface area contributed by atoms with Crippen LogP contribution in [0.3, 0.4) is 0 Å². The maximum Gasteiger partial charge on any atom is 0.243 e. The number of amides is 2. The molecule has 0 saturated carbocycles. The summed E-state index contributed by atoms with van der Waals surface area (Å²) in [6, 6.07) is 6.16. The van der Waals surface area contributed by atoms with E-state index in [1.807, 2.05) is 6.92 Å². The summed E-state index contributed by atoms with van der Waals surface area (Å²) in [5.74, 6) is -0.962. The van der Waals surface area contributed by atoms with Crippen LogP contribution in [0.4, 0.5) is 5.69 Å². The van der Waals surface area contributed by atoms with Crippen LogP contribution in [0.5, 0.6) is 0 Å². The number of hydrogen-bond donors (Lipinski definition) is 2. The molecule has 0 unspecified atom stereocenters. The number of benzene rings is 1. The van der Waals surface area contributed by atoms with E-state index < -0.39 is 21.5 Å². The third-order valence-electron chi connectivity index (χ3n) is 5.39. The molecule has 9 heteroatoms. The predicted molar refractivity (Wildman–Crippen MR) is 111 cm³/mol. The molecule has 8 nitrogen and oxygen atoms in total. The van der Waals surface area contributed by atoms with Crippen LogP contribution in [-0.4, -0.2) is 61.4 Å². The molecular formula is C20H31N3O5S. The predicted octanol–water partition coefficient (Wildman–Crippen LogP) is 1.35. The topological polar surface area (TPSA) is 107 Å². The summed E-state index contributed by atoms with van der Waals surface area (Å²) < 4.78 is 26.5. The number of aliphatic hydroxyl groups is 1. The summed E-state index contributed by atoms with van der Waals surface area (Å²) in [6.07, 6.45) is 0.589. The van der Waals surface area contributed by atoms with Crippen LogP contribution in [0, 0.1) is 5.92 Å². The van der Waals surface area contributed by atoms with Gasteiger partial charge in [0.25, 0.3) is 0 Å². The monoisotopic (exact) mass is 425 g/mol. The van der Waals surface area contributed by atoms with E-state index >= 15 is 0 Å². The van der Waals surface area contributed by atoms with Crippen LogP contribution in [0.2, 0.25) is 0 Å². The van der Waals surface area contributed by atoms with Crippen LogP contribution in [0.25, 0.3) is 0 Å². The van der Waals surface area contributed by atoms with Gasteiger partial charge in [-0.15, -0.1) is 0 Å². The average Bonchev–Trinajstić information content (AvgIpc) is 3.09. The highest BCUT2D eigenvalue weighted by Crippen LogP contribution is 2.27. The van der Waals surface area contributed by atoms with Crippen molar-refractivity contribution in [2.75, 3.05) is 31.1 Å². The number of anilines is 1. The first-order valence-electron chi connectivity index (χ1n) is 9.96. The zero-order valence-electron chi connectivity index (χ0n) is 17.5. The van der Waals surface area contributed by atoms with Crippen LogP contribution in [0.15, 0.2) is 29.2 Å². The lowest BCUT2D eigenvalue weighted by Gasteiger charge is -2.23. The van der Waals surface area contributed by atoms with E-state index in [-0.39, 0.29) is 36.2 Å². The van der Waals surface area contributed by atoms with Crippen molar-refractivity contribution in [2.45, 2.75) is 51.0 Å². The molecule has 162 valence electrons. The molecule has 1 aromatic rings. The summed E-state index contributed by atoms with van der Waals surface area (Å²) in [5.41, 5.74) is -0.422. The van der Waals surface area contributed by atoms with Gasteiger partial charge in [0.05, 0.1) is 16.4 Å². The van der Waals surface area contributed by atoms with Crippen molar-refractivity contribution in [1.29, 1.82) is 0 Å². The Bertz CT molecular complexity index is 832. The van der Waals surface area contributed by atoms with Gasteiger partial charge in [0.15, 0.2) is 0 Å². The molecule has 1 aromatic carbocycles. The lowest BCUT2D eigenvalue weighted by atomic mass is 10.0. The van der Waals surface area contributed by atoms with Crippen LogP contribution >= 0.6 is 0 Å². The van der Waals surface area contributed by atoms with Gasteiger partial charge >= 0.3 is 0 Å². The minimum atomic E-state index is -3.56. The van der Waals surface area contributed by atoms with Crippen LogP contribution in [0.1, 0.15) is 40.5 Å². The summed E-state index contributed by atoms with van der Waals surface area (Å²) in [5, 5.41) is 12.7. The molecule has 1 fully saturated rings. The second kappa shape index (κ2) is 9.23. The number of nitrogens with zero attached hydrogens (tertiary/aromatic N) is 2. The van der Waals surface area contributed by atoms with Crippen molar-refractivity contribution in [3.05, 3.63) is 24.3 Å². The molecule has 2 atom stereocenters. The molecule has 29 heavy (non-hydrogen) atoms. The lowest BCUT2D eigenvalue weighted by Crippen LogP contribution is -2.43. The molecule has 0 radical (unpaired) electrons. The van der Waals surface area contributed by atoms with Crippen molar-refractivity contribution < 1.29 is 23.1 Å². The molecule has 2 amide bonds. The van der Waals surface area contributed by atoms with Gasteiger partial charge in [-0.05, 0) is 37.6 Å². The zero-order valence-corrected chi connectivity index (χ0v) is 18.3. The minimum absolute atomic E-state index is 0.0829. The molecule has 1 aliphatic heterocycles. The van der Waals surface area contributed by atoms with E-state index in [9.17, 15) is 23.1 Å². The Morgan fingerprint density at radius 2 is 1.83 bits per heavy atom. The Hall–Kier alpha value is -1.97. The van der Waals surface area contributed by atoms with Crippen molar-refractivity contribution in [3.63, 3.8) is 0 Å². The zero-order chi connectivity index (χ0) is 21.8. The number of rotatable bonds is 9. The van der Waals surface area contributed by atoms with Crippen molar-refractivity contribution in [1.82, 2.24) is 9.62 Å². The molecule has 0 spiro atoms. The average molecular weight is 426 g/mol. The Kier molecular flexibility index (Phi) is 7.42. The van der Waals surface area contributed by atoms with Crippen molar-refractivity contribution in [3.8, 4) is 0 Å². The van der Waals surface area contributed by atoms with E-state index in [0.29, 0.717) is 25.2 Å². The molecule has 0 bridgehead atoms. The van der Waals surface area contributed by atoms with Gasteiger partial charge in [-0.2, -0.15) is 4.31 Å². The van der Waals surface area contributed by atoms with Crippen molar-refractivity contribution in [2.24, 2.45) is 5.92 Å². The van der Waals surface area contributed by atoms with Gasteiger partial charge in [0.2, 0.25) is 21.8 Å². The SMILES string of the molecule is CCN(CC)S(=O)(=O)c1ccc(N2C[C@H](C(=O)NC[C@@](C)(O)CC)CC2=O)cc1. The number of nitrogens with one attached hydrogen (secondary N) is 1. The van der Waals surface area contributed by atoms with E-state index in [0.717, 1.165) is 0 Å². The fourth-order valence-electron chi connectivity index (χ4n) is 3.19. The number of carbonyl (C=O) groups is 2. The fraction of sp³-hybridized carbons (Fsp3) is 0.600. The molecular weight excluding hydrogens is 394 g/mol. The molecule has 2 rings (SSSR count). The number of carbonyl (C=O) groups excluding carboxylic acids is 2. The van der Waals surface area contributed by atoms with Gasteiger partial charge in [0.1, 0.15) is 0 Å². The van der Waals surface area contributed by atoms with E-state index in [1.54, 1.807) is 32.9 Å². The second-order valence-electron chi connectivity index (χ2n) is 7.56. The molecule has 2 N–H and O–H groups in total. The first-order valence-corrected chi connectivity index (χ1v) is 11.4. The first kappa shape index (κ1) is 23.3. The van der Waals surface area contributed by atoms with Crippen LogP contribution < -0.4 is 10.2 Å². The molecule has 1 aliphatic rings. The maximum absolute atomic E-state index is 12.6. The second-order valence-corrected chi connectivity index (χ2v) is 9.49. The molecule has 0 aromatic heterocycles. The van der Waals surface area contributed by atoms with Crippen LogP contribution in [-0.2, 0) is 19.6 Å². The smallest absolute Gasteiger partial charge is 0.243 e. The normalized spacial score (nSPS) is 19.4. The van der Waals surface area contributed by atoms with Gasteiger partial charge in [-0.25, -0.2) is 8.42 Å². The Labute approximate surface area is 172 Å². The first-order chi connectivity index (χ1) is 13.6. The standard InChI is InChI=1S/C20H31N3O5S/c1-5-20(4,26)14-21-19(25)15-12-18(24)23(13-15)16-8-10-17(11-9-16)29(27,28)22(6-2)7-3/h8-11,15,26H,5-7,12-14H2,1-4H3,(H,21,25)/t15-,20+/m1/s1. The van der Waals surface area contributed by atoms with Gasteiger partial charge in [0, 0.05) is 38.3 Å². The highest BCUT2D eigenvalue weighted by molar-refractivity contribution is 7.89. The van der Waals surface area contributed by atoms with Gasteiger partial charge in [-0.3, -0.25) is 9.59 Å².